The highest BCUT2D eigenvalue weighted by atomic mass is 32.2. The van der Waals surface area contributed by atoms with E-state index in [2.05, 4.69) is 81.2 Å². The summed E-state index contributed by atoms with van der Waals surface area (Å²) in [6, 6.07) is 11.5. The molecule has 50 heteroatoms. The first-order chi connectivity index (χ1) is 69.1. The molecule has 0 saturated heterocycles. The molecule has 3 aliphatic rings. The first kappa shape index (κ1) is 109. The van der Waals surface area contributed by atoms with Crippen molar-refractivity contribution in [3.05, 3.63) is 191 Å². The number of pyridine rings is 3. The number of nitrogens with two attached hydrogens (primary N) is 2. The fourth-order valence-electron chi connectivity index (χ4n) is 15.6. The van der Waals surface area contributed by atoms with Crippen molar-refractivity contribution >= 4 is 103 Å². The Balaban J connectivity index is 0.000000173. The number of benzene rings is 1. The first-order valence-electron chi connectivity index (χ1n) is 46.3. The Morgan fingerprint density at radius 2 is 0.793 bits per heavy atom. The number of nitrogens with one attached hydrogen (secondary N) is 3. The van der Waals surface area contributed by atoms with Gasteiger partial charge in [0.2, 0.25) is 17.8 Å². The van der Waals surface area contributed by atoms with Gasteiger partial charge in [-0.25, -0.2) is 57.1 Å². The fraction of sp³-hybridized carbons (Fsp3) is 0.421. The first-order valence-corrected chi connectivity index (χ1v) is 50.3. The number of hydrogen-bond acceptors (Lipinski definition) is 33. The lowest BCUT2D eigenvalue weighted by Crippen LogP contribution is -2.43. The van der Waals surface area contributed by atoms with Gasteiger partial charge in [-0.1, -0.05) is 59.7 Å². The summed E-state index contributed by atoms with van der Waals surface area (Å²) in [5.74, 6) is -8.58. The summed E-state index contributed by atoms with van der Waals surface area (Å²) in [6.45, 7) is 18.5. The third kappa shape index (κ3) is 29.0. The van der Waals surface area contributed by atoms with E-state index in [0.29, 0.717) is 51.5 Å². The molecule has 3 amide bonds. The molecule has 0 unspecified atom stereocenters. The highest BCUT2D eigenvalue weighted by Crippen LogP contribution is 2.41. The van der Waals surface area contributed by atoms with Crippen molar-refractivity contribution in [2.24, 2.45) is 22.3 Å². The smallest absolute Gasteiger partial charge is 0.325 e. The van der Waals surface area contributed by atoms with Gasteiger partial charge >= 0.3 is 17.9 Å². The van der Waals surface area contributed by atoms with Crippen LogP contribution in [0, 0.1) is 46.1 Å². The van der Waals surface area contributed by atoms with Crippen molar-refractivity contribution in [3.8, 4) is 65.9 Å². The predicted molar refractivity (Wildman–Crippen MR) is 522 cm³/mol. The summed E-state index contributed by atoms with van der Waals surface area (Å²) in [5, 5.41) is 40.5. The quantitative estimate of drug-likeness (QED) is 0.00749. The zero-order valence-corrected chi connectivity index (χ0v) is 84.2. The van der Waals surface area contributed by atoms with Gasteiger partial charge in [0, 0.05) is 89.8 Å². The van der Waals surface area contributed by atoms with Crippen molar-refractivity contribution in [2.45, 2.75) is 206 Å². The monoisotopic (exact) mass is 2080 g/mol. The van der Waals surface area contributed by atoms with Crippen LogP contribution in [-0.4, -0.2) is 225 Å². The van der Waals surface area contributed by atoms with Gasteiger partial charge in [0.1, 0.15) is 78.4 Å². The lowest BCUT2D eigenvalue weighted by molar-refractivity contribution is -0.153. The number of carbonyl (C=O) groups excluding carboxylic acids is 7. The molecule has 0 bridgehead atoms. The molecule has 772 valence electrons. The van der Waals surface area contributed by atoms with E-state index in [1.807, 2.05) is 62.3 Å². The van der Waals surface area contributed by atoms with Crippen LogP contribution in [0.5, 0.6) is 0 Å². The van der Waals surface area contributed by atoms with Crippen LogP contribution in [0.25, 0.3) is 65.9 Å². The zero-order valence-electron chi connectivity index (χ0n) is 81.0. The normalized spacial score (nSPS) is 16.9. The standard InChI is InChI=1S/2C30H36F2N8O4S.C29H32F2N8O5S.C6H6O3S/c2*1-5-43-19-8-6-18(7-9-19)40-14-21(25(38-40)24-20(31)10-11-23(32)37-24)35-27(41)22-15-45-28(36-22)17-12-34-39(13-17)16-44-29(42)26(33)30(2,3)4;1-4-44-19-7-5-18(6-8-19)38-13-21(27(36-38)26-20(30)9-10-23(31)35-26)33-28(42)22-16-45-29(34-22)17-11-32-39(12-17)24(40)14-37(2)15-25(41)43-3;7-10(8,9)6-4-2-1-3-5-6/h2*10-15,18-19,26H,5-9,16,33H2,1-4H3,(H,35,41);9-13,16,18-19H,4-8,14-15H2,1-3H3,(H,33,42);1-5H,(H,7,8,9)/t2*18?,19?,26-;;/m11../s1. The summed E-state index contributed by atoms with van der Waals surface area (Å²) >= 11 is 3.60. The Morgan fingerprint density at radius 3 is 1.10 bits per heavy atom. The number of methoxy groups -OCH3 is 1. The van der Waals surface area contributed by atoms with Gasteiger partial charge in [-0.15, -0.1) is 34.0 Å². The number of anilines is 3. The van der Waals surface area contributed by atoms with Gasteiger partial charge in [-0.2, -0.15) is 52.2 Å². The second kappa shape index (κ2) is 49.0. The van der Waals surface area contributed by atoms with E-state index < -0.39 is 104 Å². The third-order valence-electron chi connectivity index (χ3n) is 23.5. The minimum Gasteiger partial charge on any atom is -0.468 e. The molecule has 2 atom stereocenters. The molecule has 0 spiro atoms. The fourth-order valence-corrected chi connectivity index (χ4v) is 18.4. The number of rotatable bonds is 32. The molecule has 3 aliphatic carbocycles. The van der Waals surface area contributed by atoms with Crippen LogP contribution >= 0.6 is 34.0 Å². The Kier molecular flexibility index (Phi) is 36.7. The SMILES string of the molecule is CCOC1CCC(n2cc(NC(=O)c3csc(-c4cnn(C(=O)CN(C)CC(=O)OC)c4)n3)c(-c3nc(F)ccc3F)n2)CC1.CCOC1CCC(n2cc(NC(=O)c3csc(-c4cnn(COC(=O)[C@@H](N)C(C)(C)C)c4)n3)c(-c3nc(F)ccc3F)n2)CC1.CCOC1CCC(n2cc(NC(=O)c3csc(-c4cnn(COC(=O)[C@@H](N)C(C)(C)C)c4)n3)c(-c3nc(F)ccc3F)n2)CC1.O=S(=O)(O)c1ccccc1. The lowest BCUT2D eigenvalue weighted by atomic mass is 9.87. The van der Waals surface area contributed by atoms with Gasteiger partial charge in [0.25, 0.3) is 33.7 Å². The molecule has 12 heterocycles. The number of amides is 3. The molecule has 3 saturated carbocycles. The summed E-state index contributed by atoms with van der Waals surface area (Å²) in [6.07, 6.45) is 24.3. The maximum Gasteiger partial charge on any atom is 0.325 e. The number of esters is 3. The average Bonchev–Trinajstić information content (AvgIpc) is 1.65. The Bertz CT molecular complexity index is 6540. The maximum absolute atomic E-state index is 14.8. The summed E-state index contributed by atoms with van der Waals surface area (Å²) in [5.41, 5.74) is 12.6. The third-order valence-corrected chi connectivity index (χ3v) is 27.0. The lowest BCUT2D eigenvalue weighted by Gasteiger charge is -2.28. The Hall–Kier alpha value is -13.4. The van der Waals surface area contributed by atoms with E-state index in [1.54, 1.807) is 93.4 Å². The van der Waals surface area contributed by atoms with Crippen molar-refractivity contribution in [2.75, 3.05) is 63.0 Å². The van der Waals surface area contributed by atoms with E-state index in [1.165, 1.54) is 85.3 Å². The minimum absolute atomic E-state index is 0.000286. The molecule has 1 aromatic carbocycles. The van der Waals surface area contributed by atoms with Crippen molar-refractivity contribution in [1.29, 1.82) is 0 Å². The summed E-state index contributed by atoms with van der Waals surface area (Å²) < 4.78 is 157. The second-order valence-corrected chi connectivity index (χ2v) is 40.2. The predicted octanol–water partition coefficient (Wildman–Crippen LogP) is 15.4. The highest BCUT2D eigenvalue weighted by Gasteiger charge is 2.35. The average molecular weight is 2090 g/mol. The van der Waals surface area contributed by atoms with Crippen molar-refractivity contribution < 1.29 is 101 Å². The molecule has 3 fully saturated rings. The molecule has 12 aromatic heterocycles. The topological polar surface area (TPSA) is 505 Å². The van der Waals surface area contributed by atoms with Crippen LogP contribution in [-0.2, 0) is 66.4 Å². The molecular weight excluding hydrogens is 1980 g/mol. The number of aromatic nitrogens is 18. The number of halogens is 6. The van der Waals surface area contributed by atoms with Gasteiger partial charge in [0.05, 0.1) is 97.2 Å². The molecule has 16 rings (SSSR count). The minimum atomic E-state index is -4.00. The van der Waals surface area contributed by atoms with Crippen LogP contribution in [0.2, 0.25) is 0 Å². The number of thiazole rings is 3. The van der Waals surface area contributed by atoms with Gasteiger partial charge in [-0.05, 0) is 164 Å². The van der Waals surface area contributed by atoms with E-state index in [0.717, 1.165) is 118 Å². The summed E-state index contributed by atoms with van der Waals surface area (Å²) in [7, 11) is -1.13. The van der Waals surface area contributed by atoms with E-state index >= 15 is 0 Å². The molecular formula is C95H110F6N24O16S4. The highest BCUT2D eigenvalue weighted by molar-refractivity contribution is 7.85. The van der Waals surface area contributed by atoms with Crippen molar-refractivity contribution in [3.63, 3.8) is 0 Å². The number of ether oxygens (including phenoxy) is 6. The maximum atomic E-state index is 14.8. The number of nitrogens with zero attached hydrogens (tertiary/aromatic N) is 19. The molecule has 8 N–H and O–H groups in total. The molecule has 40 nitrogen and oxygen atoms in total. The number of hydrogen-bond donors (Lipinski definition) is 6. The van der Waals surface area contributed by atoms with Crippen LogP contribution in [0.3, 0.4) is 0 Å². The molecule has 13 aromatic rings. The van der Waals surface area contributed by atoms with Gasteiger partial charge < -0.3 is 55.8 Å². The molecule has 145 heavy (non-hydrogen) atoms. The molecule has 0 aliphatic heterocycles. The van der Waals surface area contributed by atoms with Gasteiger partial charge in [0.15, 0.2) is 30.9 Å². The van der Waals surface area contributed by atoms with Crippen LogP contribution < -0.4 is 27.4 Å². The molecule has 0 radical (unpaired) electrons. The largest absolute Gasteiger partial charge is 0.468 e. The van der Waals surface area contributed by atoms with Crippen LogP contribution in [0.15, 0.2) is 144 Å². The van der Waals surface area contributed by atoms with Crippen LogP contribution in [0.1, 0.15) is 194 Å². The number of likely N-dealkylation sites (N-methyl/N-ethyl adjacent to an activating group) is 1. The van der Waals surface area contributed by atoms with Crippen LogP contribution in [0.4, 0.5) is 43.4 Å². The van der Waals surface area contributed by atoms with E-state index in [-0.39, 0.29) is 142 Å². The van der Waals surface area contributed by atoms with Crippen molar-refractivity contribution in [1.82, 2.24) is 93.5 Å². The van der Waals surface area contributed by atoms with E-state index in [9.17, 15) is 68.3 Å². The Labute approximate surface area is 841 Å². The summed E-state index contributed by atoms with van der Waals surface area (Å²) in [4.78, 5) is 114. The number of carbonyl (C=O) groups is 7. The van der Waals surface area contributed by atoms with Gasteiger partial charge in [-0.3, -0.25) is 57.1 Å². The zero-order chi connectivity index (χ0) is 104. The Morgan fingerprint density at radius 1 is 0.462 bits per heavy atom. The van der Waals surface area contributed by atoms with E-state index in [4.69, 9.17) is 39.7 Å². The second-order valence-electron chi connectivity index (χ2n) is 36.2.